The third-order valence-electron chi connectivity index (χ3n) is 6.93. The molecule has 33 heavy (non-hydrogen) atoms. The summed E-state index contributed by atoms with van der Waals surface area (Å²) in [4.78, 5) is 18.1. The highest BCUT2D eigenvalue weighted by molar-refractivity contribution is 7.21. The van der Waals surface area contributed by atoms with Gasteiger partial charge in [-0.25, -0.2) is 9.97 Å². The molecule has 8 heteroatoms. The van der Waals surface area contributed by atoms with Crippen molar-refractivity contribution in [3.63, 3.8) is 0 Å². The monoisotopic (exact) mass is 466 g/mol. The zero-order valence-electron chi connectivity index (χ0n) is 19.6. The summed E-state index contributed by atoms with van der Waals surface area (Å²) in [5.74, 6) is 1.08. The zero-order valence-corrected chi connectivity index (χ0v) is 20.4. The van der Waals surface area contributed by atoms with Gasteiger partial charge in [-0.1, -0.05) is 0 Å². The SMILES string of the molecule is CC1CC(NC2COC2)CCN1C.c1cc2sc(-c3ccc(N4CCCC4)nc3)nc2cn1. The van der Waals surface area contributed by atoms with Crippen LogP contribution in [0.4, 0.5) is 5.82 Å². The van der Waals surface area contributed by atoms with Crippen LogP contribution in [0.3, 0.4) is 0 Å². The topological polar surface area (TPSA) is 66.4 Å². The Balaban J connectivity index is 0.000000152. The quantitative estimate of drug-likeness (QED) is 0.627. The minimum atomic E-state index is 0.639. The Labute approximate surface area is 200 Å². The maximum Gasteiger partial charge on any atom is 0.128 e. The Kier molecular flexibility index (Phi) is 7.16. The first kappa shape index (κ1) is 22.7. The minimum Gasteiger partial charge on any atom is -0.378 e. The van der Waals surface area contributed by atoms with E-state index in [2.05, 4.69) is 56.2 Å². The van der Waals surface area contributed by atoms with E-state index < -0.39 is 0 Å². The second-order valence-corrected chi connectivity index (χ2v) is 10.4. The number of piperidine rings is 1. The number of nitrogens with one attached hydrogen (secondary N) is 1. The Morgan fingerprint density at radius 2 is 1.91 bits per heavy atom. The standard InChI is InChI=1S/C15H14N4S.C10H20N2O/c1-2-8-19(7-1)14-4-3-11(9-17-14)15-18-12-10-16-6-5-13(12)20-15;1-8-5-9(3-4-12(8)2)11-10-6-13-7-10/h3-6,9-10H,1-2,7-8H2;8-11H,3-7H2,1-2H3. The van der Waals surface area contributed by atoms with E-state index in [9.17, 15) is 0 Å². The largest absolute Gasteiger partial charge is 0.378 e. The number of anilines is 1. The van der Waals surface area contributed by atoms with Gasteiger partial charge in [0.2, 0.25) is 0 Å². The summed E-state index contributed by atoms with van der Waals surface area (Å²) in [6, 6.07) is 8.31. The van der Waals surface area contributed by atoms with Gasteiger partial charge in [0.05, 0.1) is 30.2 Å². The fourth-order valence-electron chi connectivity index (χ4n) is 4.66. The van der Waals surface area contributed by atoms with Gasteiger partial charge in [-0.15, -0.1) is 11.3 Å². The van der Waals surface area contributed by atoms with Gasteiger partial charge in [-0.05, 0) is 64.4 Å². The lowest BCUT2D eigenvalue weighted by Crippen LogP contribution is -2.54. The number of aromatic nitrogens is 3. The predicted molar refractivity (Wildman–Crippen MR) is 135 cm³/mol. The van der Waals surface area contributed by atoms with Crippen molar-refractivity contribution in [1.82, 2.24) is 25.2 Å². The summed E-state index contributed by atoms with van der Waals surface area (Å²) in [6.07, 6.45) is 10.7. The van der Waals surface area contributed by atoms with E-state index in [1.54, 1.807) is 23.7 Å². The molecule has 0 aliphatic carbocycles. The number of fused-ring (bicyclic) bond motifs is 1. The molecule has 0 bridgehead atoms. The Morgan fingerprint density at radius 1 is 1.06 bits per heavy atom. The van der Waals surface area contributed by atoms with E-state index in [1.807, 2.05) is 12.3 Å². The third kappa shape index (κ3) is 5.51. The van der Waals surface area contributed by atoms with E-state index >= 15 is 0 Å². The molecule has 176 valence electrons. The van der Waals surface area contributed by atoms with Gasteiger partial charge in [-0.3, -0.25) is 4.98 Å². The second-order valence-electron chi connectivity index (χ2n) is 9.41. The molecule has 3 aliphatic heterocycles. The molecule has 0 aromatic carbocycles. The number of hydrogen-bond donors (Lipinski definition) is 1. The first-order valence-corrected chi connectivity index (χ1v) is 12.9. The van der Waals surface area contributed by atoms with E-state index in [1.165, 1.54) is 36.9 Å². The second kappa shape index (κ2) is 10.4. The molecule has 0 radical (unpaired) electrons. The minimum absolute atomic E-state index is 0.639. The van der Waals surface area contributed by atoms with E-state index in [-0.39, 0.29) is 0 Å². The molecule has 2 unspecified atom stereocenters. The fraction of sp³-hybridized carbons (Fsp3) is 0.560. The lowest BCUT2D eigenvalue weighted by molar-refractivity contribution is -0.0149. The van der Waals surface area contributed by atoms with Crippen LogP contribution < -0.4 is 10.2 Å². The molecule has 1 N–H and O–H groups in total. The smallest absolute Gasteiger partial charge is 0.128 e. The highest BCUT2D eigenvalue weighted by Gasteiger charge is 2.27. The van der Waals surface area contributed by atoms with Crippen molar-refractivity contribution in [3.8, 4) is 10.6 Å². The first-order valence-electron chi connectivity index (χ1n) is 12.1. The third-order valence-corrected chi connectivity index (χ3v) is 8.02. The maximum atomic E-state index is 5.15. The van der Waals surface area contributed by atoms with Gasteiger partial charge >= 0.3 is 0 Å². The first-order chi connectivity index (χ1) is 16.2. The highest BCUT2D eigenvalue weighted by atomic mass is 32.1. The van der Waals surface area contributed by atoms with Crippen LogP contribution in [0, 0.1) is 0 Å². The Hall–Kier alpha value is -2.13. The average Bonchev–Trinajstić information content (AvgIpc) is 3.49. The molecule has 0 saturated carbocycles. The van der Waals surface area contributed by atoms with Gasteiger partial charge in [0, 0.05) is 43.1 Å². The summed E-state index contributed by atoms with van der Waals surface area (Å²) in [5.41, 5.74) is 2.03. The molecule has 6 heterocycles. The van der Waals surface area contributed by atoms with Crippen LogP contribution >= 0.6 is 11.3 Å². The van der Waals surface area contributed by atoms with Crippen LogP contribution in [0.1, 0.15) is 32.6 Å². The predicted octanol–water partition coefficient (Wildman–Crippen LogP) is 3.81. The molecule has 0 spiro atoms. The van der Waals surface area contributed by atoms with E-state index in [4.69, 9.17) is 4.74 Å². The number of ether oxygens (including phenoxy) is 1. The lowest BCUT2D eigenvalue weighted by atomic mass is 9.98. The average molecular weight is 467 g/mol. The summed E-state index contributed by atoms with van der Waals surface area (Å²) < 4.78 is 6.32. The van der Waals surface area contributed by atoms with Crippen LogP contribution in [0.2, 0.25) is 0 Å². The highest BCUT2D eigenvalue weighted by Crippen LogP contribution is 2.30. The molecule has 3 fully saturated rings. The number of pyridine rings is 2. The van der Waals surface area contributed by atoms with E-state index in [0.717, 1.165) is 60.3 Å². The molecule has 3 aromatic rings. The molecule has 3 saturated heterocycles. The maximum absolute atomic E-state index is 5.15. The zero-order chi connectivity index (χ0) is 22.6. The van der Waals surface area contributed by atoms with Crippen molar-refractivity contribution >= 4 is 27.4 Å². The normalized spacial score (nSPS) is 23.9. The van der Waals surface area contributed by atoms with Gasteiger partial charge < -0.3 is 19.9 Å². The number of rotatable bonds is 4. The van der Waals surface area contributed by atoms with Crippen LogP contribution in [0.25, 0.3) is 20.8 Å². The van der Waals surface area contributed by atoms with Crippen LogP contribution in [0.15, 0.2) is 36.8 Å². The van der Waals surface area contributed by atoms with Crippen molar-refractivity contribution in [2.75, 3.05) is 44.8 Å². The van der Waals surface area contributed by atoms with Crippen molar-refractivity contribution in [2.24, 2.45) is 0 Å². The van der Waals surface area contributed by atoms with Crippen LogP contribution in [0.5, 0.6) is 0 Å². The summed E-state index contributed by atoms with van der Waals surface area (Å²) in [7, 11) is 2.22. The van der Waals surface area contributed by atoms with Crippen LogP contribution in [-0.2, 0) is 4.74 Å². The van der Waals surface area contributed by atoms with Gasteiger partial charge in [0.15, 0.2) is 0 Å². The lowest BCUT2D eigenvalue weighted by Gasteiger charge is -2.39. The molecular formula is C25H34N6OS. The van der Waals surface area contributed by atoms with E-state index in [0.29, 0.717) is 6.04 Å². The van der Waals surface area contributed by atoms with Gasteiger partial charge in [0.25, 0.3) is 0 Å². The summed E-state index contributed by atoms with van der Waals surface area (Å²) >= 11 is 1.68. The van der Waals surface area contributed by atoms with Crippen molar-refractivity contribution in [1.29, 1.82) is 0 Å². The number of thiazole rings is 1. The molecule has 3 aliphatic rings. The fourth-order valence-corrected chi connectivity index (χ4v) is 5.58. The van der Waals surface area contributed by atoms with Crippen molar-refractivity contribution in [2.45, 2.75) is 50.7 Å². The molecule has 2 atom stereocenters. The number of nitrogens with zero attached hydrogens (tertiary/aromatic N) is 5. The molecule has 3 aromatic heterocycles. The van der Waals surface area contributed by atoms with Crippen molar-refractivity contribution in [3.05, 3.63) is 36.8 Å². The van der Waals surface area contributed by atoms with Gasteiger partial charge in [-0.2, -0.15) is 0 Å². The Morgan fingerprint density at radius 3 is 2.58 bits per heavy atom. The van der Waals surface area contributed by atoms with Gasteiger partial charge in [0.1, 0.15) is 16.3 Å². The summed E-state index contributed by atoms with van der Waals surface area (Å²) in [6.45, 7) is 7.62. The Bertz CT molecular complexity index is 996. The molecule has 0 amide bonds. The number of likely N-dealkylation sites (tertiary alicyclic amines) is 1. The summed E-state index contributed by atoms with van der Waals surface area (Å²) in [5, 5.41) is 4.66. The molecular weight excluding hydrogens is 432 g/mol. The molecule has 6 rings (SSSR count). The number of hydrogen-bond acceptors (Lipinski definition) is 8. The molecule has 7 nitrogen and oxygen atoms in total. The van der Waals surface area contributed by atoms with Crippen LogP contribution in [-0.4, -0.2) is 77.9 Å². The van der Waals surface area contributed by atoms with Crippen molar-refractivity contribution < 1.29 is 4.74 Å².